The van der Waals surface area contributed by atoms with Crippen molar-refractivity contribution in [1.29, 1.82) is 0 Å². The largest absolute Gasteiger partial charge is 0.372 e. The van der Waals surface area contributed by atoms with Crippen LogP contribution in [-0.4, -0.2) is 25.1 Å². The molecule has 0 saturated carbocycles. The van der Waals surface area contributed by atoms with Gasteiger partial charge in [-0.3, -0.25) is 0 Å². The third kappa shape index (κ3) is 3.11. The molecular formula is C7H14F2O. The van der Waals surface area contributed by atoms with Gasteiger partial charge in [-0.1, -0.05) is 0 Å². The molecule has 0 aliphatic rings. The molecule has 2 atom stereocenters. The molecule has 2 unspecified atom stereocenters. The summed E-state index contributed by atoms with van der Waals surface area (Å²) in [7, 11) is 0. The van der Waals surface area contributed by atoms with Gasteiger partial charge in [-0.25, -0.2) is 8.78 Å². The number of hydrogen-bond acceptors (Lipinski definition) is 1. The van der Waals surface area contributed by atoms with E-state index in [0.717, 1.165) is 0 Å². The fourth-order valence-corrected chi connectivity index (χ4v) is 0.823. The molecule has 0 rings (SSSR count). The molecule has 3 heteroatoms. The minimum atomic E-state index is -1.24. The molecule has 0 aromatic carbocycles. The SMILES string of the molecule is CCOC(C(C)F)C(C)F. The van der Waals surface area contributed by atoms with E-state index >= 15 is 0 Å². The second-order valence-corrected chi connectivity index (χ2v) is 2.28. The van der Waals surface area contributed by atoms with Crippen molar-refractivity contribution in [1.82, 2.24) is 0 Å². The molecule has 0 aromatic heterocycles. The van der Waals surface area contributed by atoms with Crippen molar-refractivity contribution in [2.24, 2.45) is 0 Å². The van der Waals surface area contributed by atoms with Crippen molar-refractivity contribution >= 4 is 0 Å². The number of halogens is 2. The number of rotatable bonds is 4. The molecule has 62 valence electrons. The molecule has 0 aliphatic heterocycles. The summed E-state index contributed by atoms with van der Waals surface area (Å²) in [6, 6.07) is 0. The Hall–Kier alpha value is -0.180. The summed E-state index contributed by atoms with van der Waals surface area (Å²) < 4.78 is 29.7. The maximum absolute atomic E-state index is 12.4. The van der Waals surface area contributed by atoms with E-state index in [0.29, 0.717) is 6.61 Å². The van der Waals surface area contributed by atoms with Gasteiger partial charge in [0.25, 0.3) is 0 Å². The zero-order valence-corrected chi connectivity index (χ0v) is 6.60. The molecule has 0 saturated heterocycles. The first kappa shape index (κ1) is 9.82. The molecule has 0 heterocycles. The molecule has 0 spiro atoms. The molecule has 0 radical (unpaired) electrons. The van der Waals surface area contributed by atoms with Crippen LogP contribution in [0, 0.1) is 0 Å². The predicted octanol–water partition coefficient (Wildman–Crippen LogP) is 2.11. The van der Waals surface area contributed by atoms with Gasteiger partial charge in [-0.05, 0) is 20.8 Å². The normalized spacial score (nSPS) is 20.1. The summed E-state index contributed by atoms with van der Waals surface area (Å²) >= 11 is 0. The third-order valence-corrected chi connectivity index (χ3v) is 1.26. The van der Waals surface area contributed by atoms with Gasteiger partial charge in [0.1, 0.15) is 18.4 Å². The Morgan fingerprint density at radius 3 is 1.70 bits per heavy atom. The zero-order chi connectivity index (χ0) is 8.15. The highest BCUT2D eigenvalue weighted by Crippen LogP contribution is 2.10. The maximum atomic E-state index is 12.4. The van der Waals surface area contributed by atoms with Crippen LogP contribution in [0.3, 0.4) is 0 Å². The molecule has 0 aliphatic carbocycles. The van der Waals surface area contributed by atoms with Gasteiger partial charge in [0, 0.05) is 6.61 Å². The van der Waals surface area contributed by atoms with Crippen LogP contribution in [0.2, 0.25) is 0 Å². The Balaban J connectivity index is 3.73. The minimum Gasteiger partial charge on any atom is -0.372 e. The highest BCUT2D eigenvalue weighted by atomic mass is 19.1. The molecule has 1 nitrogen and oxygen atoms in total. The Morgan fingerprint density at radius 1 is 1.20 bits per heavy atom. The van der Waals surface area contributed by atoms with Crippen molar-refractivity contribution in [3.63, 3.8) is 0 Å². The van der Waals surface area contributed by atoms with E-state index in [-0.39, 0.29) is 0 Å². The summed E-state index contributed by atoms with van der Waals surface area (Å²) in [5.41, 5.74) is 0. The number of ether oxygens (including phenoxy) is 1. The molecule has 10 heavy (non-hydrogen) atoms. The highest BCUT2D eigenvalue weighted by molar-refractivity contribution is 4.70. The van der Waals surface area contributed by atoms with Gasteiger partial charge in [-0.15, -0.1) is 0 Å². The summed E-state index contributed by atoms with van der Waals surface area (Å²) in [6.07, 6.45) is -3.37. The van der Waals surface area contributed by atoms with Crippen LogP contribution in [0.5, 0.6) is 0 Å². The van der Waals surface area contributed by atoms with Crippen molar-refractivity contribution in [2.75, 3.05) is 6.61 Å². The fraction of sp³-hybridized carbons (Fsp3) is 1.00. The first-order chi connectivity index (χ1) is 4.59. The van der Waals surface area contributed by atoms with Crippen LogP contribution >= 0.6 is 0 Å². The van der Waals surface area contributed by atoms with Gasteiger partial charge in [0.2, 0.25) is 0 Å². The third-order valence-electron chi connectivity index (χ3n) is 1.26. The van der Waals surface area contributed by atoms with Crippen molar-refractivity contribution in [3.8, 4) is 0 Å². The maximum Gasteiger partial charge on any atom is 0.126 e. The molecule has 0 bridgehead atoms. The summed E-state index contributed by atoms with van der Waals surface area (Å²) in [4.78, 5) is 0. The lowest BCUT2D eigenvalue weighted by Crippen LogP contribution is -2.31. The number of hydrogen-bond donors (Lipinski definition) is 0. The van der Waals surface area contributed by atoms with Crippen molar-refractivity contribution in [2.45, 2.75) is 39.2 Å². The fourth-order valence-electron chi connectivity index (χ4n) is 0.823. The Morgan fingerprint density at radius 2 is 1.60 bits per heavy atom. The minimum absolute atomic E-state index is 0.354. The van der Waals surface area contributed by atoms with E-state index in [2.05, 4.69) is 0 Å². The molecular weight excluding hydrogens is 138 g/mol. The molecule has 0 aromatic rings. The lowest BCUT2D eigenvalue weighted by atomic mass is 10.2. The Kier molecular flexibility index (Phi) is 4.52. The van der Waals surface area contributed by atoms with E-state index in [1.807, 2.05) is 0 Å². The second-order valence-electron chi connectivity index (χ2n) is 2.28. The first-order valence-corrected chi connectivity index (χ1v) is 3.49. The van der Waals surface area contributed by atoms with E-state index in [1.165, 1.54) is 13.8 Å². The van der Waals surface area contributed by atoms with Crippen LogP contribution in [-0.2, 0) is 4.74 Å². The highest BCUT2D eigenvalue weighted by Gasteiger charge is 2.23. The average Bonchev–Trinajstić information content (AvgIpc) is 1.81. The lowest BCUT2D eigenvalue weighted by Gasteiger charge is -2.18. The molecule has 0 fully saturated rings. The monoisotopic (exact) mass is 152 g/mol. The summed E-state index contributed by atoms with van der Waals surface area (Å²) in [5, 5.41) is 0. The standard InChI is InChI=1S/C7H14F2O/c1-4-10-7(5(2)8)6(3)9/h5-7H,4H2,1-3H3. The van der Waals surface area contributed by atoms with Gasteiger partial charge >= 0.3 is 0 Å². The zero-order valence-electron chi connectivity index (χ0n) is 6.60. The van der Waals surface area contributed by atoms with E-state index in [9.17, 15) is 8.78 Å². The van der Waals surface area contributed by atoms with Gasteiger partial charge in [0.05, 0.1) is 0 Å². The Labute approximate surface area is 60.4 Å². The van der Waals surface area contributed by atoms with E-state index in [1.54, 1.807) is 6.92 Å². The summed E-state index contributed by atoms with van der Waals surface area (Å²) in [6.45, 7) is 4.68. The van der Waals surface area contributed by atoms with Crippen LogP contribution in [0.25, 0.3) is 0 Å². The lowest BCUT2D eigenvalue weighted by molar-refractivity contribution is -0.0329. The van der Waals surface area contributed by atoms with Crippen LogP contribution in [0.15, 0.2) is 0 Å². The molecule has 0 amide bonds. The first-order valence-electron chi connectivity index (χ1n) is 3.49. The molecule has 0 N–H and O–H groups in total. The number of alkyl halides is 2. The topological polar surface area (TPSA) is 9.23 Å². The van der Waals surface area contributed by atoms with Crippen LogP contribution in [0.1, 0.15) is 20.8 Å². The van der Waals surface area contributed by atoms with E-state index < -0.39 is 18.4 Å². The van der Waals surface area contributed by atoms with Gasteiger partial charge in [0.15, 0.2) is 0 Å². The van der Waals surface area contributed by atoms with Crippen molar-refractivity contribution in [3.05, 3.63) is 0 Å². The average molecular weight is 152 g/mol. The van der Waals surface area contributed by atoms with Crippen LogP contribution in [0.4, 0.5) is 8.78 Å². The van der Waals surface area contributed by atoms with Gasteiger partial charge < -0.3 is 4.74 Å². The van der Waals surface area contributed by atoms with Crippen LogP contribution < -0.4 is 0 Å². The summed E-state index contributed by atoms with van der Waals surface area (Å²) in [5.74, 6) is 0. The second kappa shape index (κ2) is 4.61. The Bertz CT molecular complexity index is 75.7. The predicted molar refractivity (Wildman–Crippen MR) is 36.6 cm³/mol. The quantitative estimate of drug-likeness (QED) is 0.599. The van der Waals surface area contributed by atoms with E-state index in [4.69, 9.17) is 4.74 Å². The van der Waals surface area contributed by atoms with Gasteiger partial charge in [-0.2, -0.15) is 0 Å². The van der Waals surface area contributed by atoms with Crippen molar-refractivity contribution < 1.29 is 13.5 Å². The smallest absolute Gasteiger partial charge is 0.126 e.